The Morgan fingerprint density at radius 3 is 3.08 bits per heavy atom. The third kappa shape index (κ3) is 2.61. The lowest BCUT2D eigenvalue weighted by molar-refractivity contribution is -0.119. The van der Waals surface area contributed by atoms with Crippen LogP contribution >= 0.6 is 11.8 Å². The molecule has 0 saturated carbocycles. The molecule has 74 valence electrons. The normalized spacial score (nSPS) is 33.7. The maximum absolute atomic E-state index is 10.9. The van der Waals surface area contributed by atoms with Gasteiger partial charge in [0.2, 0.25) is 5.91 Å². The van der Waals surface area contributed by atoms with Crippen molar-refractivity contribution in [2.45, 2.75) is 31.3 Å². The molecule has 0 bridgehead atoms. The lowest BCUT2D eigenvalue weighted by Crippen LogP contribution is -2.40. The van der Waals surface area contributed by atoms with Gasteiger partial charge in [0.1, 0.15) is 0 Å². The topological polar surface area (TPSA) is 41.1 Å². The van der Waals surface area contributed by atoms with Crippen molar-refractivity contribution in [1.29, 1.82) is 0 Å². The highest BCUT2D eigenvalue weighted by atomic mass is 32.2. The molecule has 2 saturated heterocycles. The van der Waals surface area contributed by atoms with Gasteiger partial charge in [-0.25, -0.2) is 0 Å². The quantitative estimate of drug-likeness (QED) is 0.691. The summed E-state index contributed by atoms with van der Waals surface area (Å²) in [6, 6.07) is 1.07. The average molecular weight is 200 g/mol. The molecule has 13 heavy (non-hydrogen) atoms. The van der Waals surface area contributed by atoms with Crippen LogP contribution in [0.1, 0.15) is 19.3 Å². The van der Waals surface area contributed by atoms with Crippen LogP contribution in [0, 0.1) is 0 Å². The van der Waals surface area contributed by atoms with E-state index in [1.165, 1.54) is 17.9 Å². The fourth-order valence-corrected chi connectivity index (χ4v) is 3.02. The molecule has 2 heterocycles. The lowest BCUT2D eigenvalue weighted by Gasteiger charge is -2.15. The largest absolute Gasteiger partial charge is 0.352 e. The third-order valence-electron chi connectivity index (χ3n) is 2.67. The number of carbonyl (C=O) groups is 1. The molecule has 2 N–H and O–H groups in total. The summed E-state index contributed by atoms with van der Waals surface area (Å²) < 4.78 is 0. The second-order valence-corrected chi connectivity index (χ2v) is 4.92. The standard InChI is InChI=1S/C9H16N2OS/c12-9-2-1-7(11-9)5-10-8-3-4-13-6-8/h7-8,10H,1-6H2,(H,11,12). The van der Waals surface area contributed by atoms with E-state index >= 15 is 0 Å². The Balaban J connectivity index is 1.64. The first-order valence-electron chi connectivity index (χ1n) is 4.95. The van der Waals surface area contributed by atoms with E-state index in [0.29, 0.717) is 18.5 Å². The number of nitrogens with one attached hydrogen (secondary N) is 2. The van der Waals surface area contributed by atoms with Crippen molar-refractivity contribution in [1.82, 2.24) is 10.6 Å². The average Bonchev–Trinajstić information content (AvgIpc) is 2.71. The Labute approximate surface area is 83.0 Å². The van der Waals surface area contributed by atoms with Crippen molar-refractivity contribution in [2.75, 3.05) is 18.1 Å². The molecule has 2 unspecified atom stereocenters. The van der Waals surface area contributed by atoms with E-state index in [1.807, 2.05) is 11.8 Å². The molecule has 0 radical (unpaired) electrons. The van der Waals surface area contributed by atoms with Crippen LogP contribution in [-0.2, 0) is 4.79 Å². The minimum absolute atomic E-state index is 0.215. The van der Waals surface area contributed by atoms with Crippen LogP contribution in [0.25, 0.3) is 0 Å². The van der Waals surface area contributed by atoms with Crippen molar-refractivity contribution >= 4 is 17.7 Å². The first kappa shape index (κ1) is 9.34. The zero-order valence-electron chi connectivity index (χ0n) is 7.71. The van der Waals surface area contributed by atoms with E-state index in [4.69, 9.17) is 0 Å². The predicted octanol–water partition coefficient (Wildman–Crippen LogP) is 0.360. The van der Waals surface area contributed by atoms with Crippen LogP contribution in [0.4, 0.5) is 0 Å². The van der Waals surface area contributed by atoms with Gasteiger partial charge in [-0.3, -0.25) is 4.79 Å². The third-order valence-corrected chi connectivity index (χ3v) is 3.83. The lowest BCUT2D eigenvalue weighted by atomic mass is 10.2. The number of amides is 1. The van der Waals surface area contributed by atoms with Crippen molar-refractivity contribution in [3.8, 4) is 0 Å². The van der Waals surface area contributed by atoms with Gasteiger partial charge in [0, 0.05) is 30.8 Å². The molecule has 2 aliphatic heterocycles. The summed E-state index contributed by atoms with van der Waals surface area (Å²) in [7, 11) is 0. The van der Waals surface area contributed by atoms with E-state index < -0.39 is 0 Å². The minimum Gasteiger partial charge on any atom is -0.352 e. The molecule has 2 rings (SSSR count). The summed E-state index contributed by atoms with van der Waals surface area (Å²) in [5, 5.41) is 6.48. The summed E-state index contributed by atoms with van der Waals surface area (Å²) in [4.78, 5) is 10.9. The van der Waals surface area contributed by atoms with Gasteiger partial charge in [-0.1, -0.05) is 0 Å². The van der Waals surface area contributed by atoms with Crippen LogP contribution < -0.4 is 10.6 Å². The van der Waals surface area contributed by atoms with Gasteiger partial charge >= 0.3 is 0 Å². The number of thioether (sulfide) groups is 1. The molecule has 1 amide bonds. The minimum atomic E-state index is 0.215. The molecule has 0 aromatic carbocycles. The molecule has 2 fully saturated rings. The van der Waals surface area contributed by atoms with Crippen molar-refractivity contribution in [2.24, 2.45) is 0 Å². The van der Waals surface area contributed by atoms with Crippen molar-refractivity contribution in [3.05, 3.63) is 0 Å². The van der Waals surface area contributed by atoms with Crippen LogP contribution in [0.2, 0.25) is 0 Å². The van der Waals surface area contributed by atoms with Gasteiger partial charge in [0.25, 0.3) is 0 Å². The smallest absolute Gasteiger partial charge is 0.220 e. The molecule has 3 nitrogen and oxygen atoms in total. The number of rotatable bonds is 3. The van der Waals surface area contributed by atoms with Gasteiger partial charge in [0.05, 0.1) is 0 Å². The van der Waals surface area contributed by atoms with E-state index in [1.54, 1.807) is 0 Å². The zero-order valence-corrected chi connectivity index (χ0v) is 8.53. The van der Waals surface area contributed by atoms with Gasteiger partial charge in [0.15, 0.2) is 0 Å². The summed E-state index contributed by atoms with van der Waals surface area (Å²) >= 11 is 2.02. The Kier molecular flexibility index (Phi) is 3.11. The second kappa shape index (κ2) is 4.33. The summed E-state index contributed by atoms with van der Waals surface area (Å²) in [5.74, 6) is 2.74. The Bertz CT molecular complexity index is 192. The first-order chi connectivity index (χ1) is 6.34. The predicted molar refractivity (Wildman–Crippen MR) is 54.9 cm³/mol. The molecular weight excluding hydrogens is 184 g/mol. The van der Waals surface area contributed by atoms with E-state index in [-0.39, 0.29) is 5.91 Å². The van der Waals surface area contributed by atoms with Gasteiger partial charge in [-0.2, -0.15) is 11.8 Å². The Hall–Kier alpha value is -0.220. The summed E-state index contributed by atoms with van der Waals surface area (Å²) in [6.07, 6.45) is 3.00. The Morgan fingerprint density at radius 2 is 2.46 bits per heavy atom. The monoisotopic (exact) mass is 200 g/mol. The zero-order chi connectivity index (χ0) is 9.10. The maximum atomic E-state index is 10.9. The summed E-state index contributed by atoms with van der Waals surface area (Å²) in [6.45, 7) is 0.955. The van der Waals surface area contributed by atoms with Crippen LogP contribution in [-0.4, -0.2) is 36.0 Å². The number of carbonyl (C=O) groups excluding carboxylic acids is 1. The van der Waals surface area contributed by atoms with Gasteiger partial charge in [-0.15, -0.1) is 0 Å². The van der Waals surface area contributed by atoms with Crippen LogP contribution in [0.15, 0.2) is 0 Å². The molecule has 2 atom stereocenters. The number of hydrogen-bond acceptors (Lipinski definition) is 3. The van der Waals surface area contributed by atoms with Gasteiger partial charge < -0.3 is 10.6 Å². The van der Waals surface area contributed by atoms with Crippen molar-refractivity contribution < 1.29 is 4.79 Å². The van der Waals surface area contributed by atoms with E-state index in [9.17, 15) is 4.79 Å². The van der Waals surface area contributed by atoms with Crippen LogP contribution in [0.5, 0.6) is 0 Å². The molecule has 0 aromatic heterocycles. The molecule has 2 aliphatic rings. The number of hydrogen-bond donors (Lipinski definition) is 2. The van der Waals surface area contributed by atoms with E-state index in [2.05, 4.69) is 10.6 Å². The fraction of sp³-hybridized carbons (Fsp3) is 0.889. The maximum Gasteiger partial charge on any atom is 0.220 e. The Morgan fingerprint density at radius 1 is 1.54 bits per heavy atom. The molecule has 0 spiro atoms. The second-order valence-electron chi connectivity index (χ2n) is 3.77. The SMILES string of the molecule is O=C1CCC(CNC2CCSC2)N1. The highest BCUT2D eigenvalue weighted by Crippen LogP contribution is 2.17. The van der Waals surface area contributed by atoms with Crippen molar-refractivity contribution in [3.63, 3.8) is 0 Å². The molecule has 0 aromatic rings. The summed E-state index contributed by atoms with van der Waals surface area (Å²) in [5.41, 5.74) is 0. The van der Waals surface area contributed by atoms with Gasteiger partial charge in [-0.05, 0) is 18.6 Å². The molecular formula is C9H16N2OS. The highest BCUT2D eigenvalue weighted by molar-refractivity contribution is 7.99. The van der Waals surface area contributed by atoms with E-state index in [0.717, 1.165) is 13.0 Å². The molecule has 4 heteroatoms. The molecule has 0 aliphatic carbocycles. The first-order valence-corrected chi connectivity index (χ1v) is 6.10. The van der Waals surface area contributed by atoms with Crippen LogP contribution in [0.3, 0.4) is 0 Å². The fourth-order valence-electron chi connectivity index (χ4n) is 1.83. The highest BCUT2D eigenvalue weighted by Gasteiger charge is 2.22.